The Morgan fingerprint density at radius 1 is 1.53 bits per heavy atom. The highest BCUT2D eigenvalue weighted by molar-refractivity contribution is 6.34. The summed E-state index contributed by atoms with van der Waals surface area (Å²) in [5.41, 5.74) is 3.49. The van der Waals surface area contributed by atoms with Crippen LogP contribution in [-0.4, -0.2) is 4.98 Å². The van der Waals surface area contributed by atoms with E-state index in [9.17, 15) is 0 Å². The second-order valence-corrected chi connectivity index (χ2v) is 4.39. The Morgan fingerprint density at radius 3 is 2.67 bits per heavy atom. The molecule has 0 aromatic carbocycles. The third kappa shape index (κ3) is 3.05. The van der Waals surface area contributed by atoms with Gasteiger partial charge in [0.25, 0.3) is 0 Å². The van der Waals surface area contributed by atoms with Gasteiger partial charge in [0.15, 0.2) is 0 Å². The smallest absolute Gasteiger partial charge is 0.0776 e. The van der Waals surface area contributed by atoms with E-state index in [4.69, 9.17) is 29.0 Å². The van der Waals surface area contributed by atoms with Crippen molar-refractivity contribution in [1.29, 1.82) is 0 Å². The fraction of sp³-hybridized carbons (Fsp3) is 0.500. The molecule has 2 atom stereocenters. The molecule has 0 aliphatic carbocycles. The molecule has 0 saturated heterocycles. The van der Waals surface area contributed by atoms with Crippen LogP contribution in [0.3, 0.4) is 0 Å². The second-order valence-electron chi connectivity index (χ2n) is 3.55. The van der Waals surface area contributed by atoms with Gasteiger partial charge in [-0.15, -0.1) is 0 Å². The molecule has 3 nitrogen and oxygen atoms in total. The van der Waals surface area contributed by atoms with Crippen LogP contribution in [0, 0.1) is 5.92 Å². The fourth-order valence-electron chi connectivity index (χ4n) is 1.40. The summed E-state index contributed by atoms with van der Waals surface area (Å²) in [6.07, 6.45) is 2.57. The number of nitrogens with one attached hydrogen (secondary N) is 1. The van der Waals surface area contributed by atoms with E-state index in [0.717, 1.165) is 12.1 Å². The van der Waals surface area contributed by atoms with E-state index in [1.807, 2.05) is 0 Å². The van der Waals surface area contributed by atoms with Crippen molar-refractivity contribution in [1.82, 2.24) is 10.4 Å². The van der Waals surface area contributed by atoms with Crippen LogP contribution < -0.4 is 11.3 Å². The Bertz CT molecular complexity index is 330. The summed E-state index contributed by atoms with van der Waals surface area (Å²) < 4.78 is 0. The van der Waals surface area contributed by atoms with E-state index in [-0.39, 0.29) is 6.04 Å². The van der Waals surface area contributed by atoms with E-state index in [1.165, 1.54) is 0 Å². The molecule has 0 aliphatic rings. The monoisotopic (exact) mass is 247 g/mol. The maximum Gasteiger partial charge on any atom is 0.0776 e. The number of halogens is 2. The van der Waals surface area contributed by atoms with Crippen LogP contribution in [0.1, 0.15) is 32.0 Å². The van der Waals surface area contributed by atoms with Crippen molar-refractivity contribution in [2.45, 2.75) is 26.3 Å². The highest BCUT2D eigenvalue weighted by atomic mass is 35.5. The predicted octanol–water partition coefficient (Wildman–Crippen LogP) is 2.94. The largest absolute Gasteiger partial charge is 0.271 e. The molecule has 0 aliphatic heterocycles. The topological polar surface area (TPSA) is 50.9 Å². The number of hydrogen-bond donors (Lipinski definition) is 2. The van der Waals surface area contributed by atoms with Crippen LogP contribution in [0.25, 0.3) is 0 Å². The summed E-state index contributed by atoms with van der Waals surface area (Å²) in [5, 5.41) is 1.08. The third-order valence-electron chi connectivity index (χ3n) is 2.52. The maximum absolute atomic E-state index is 6.06. The van der Waals surface area contributed by atoms with Crippen LogP contribution >= 0.6 is 23.2 Å². The minimum Gasteiger partial charge on any atom is -0.271 e. The average Bonchev–Trinajstić information content (AvgIpc) is 2.21. The molecular formula is C10H15Cl2N3. The lowest BCUT2D eigenvalue weighted by atomic mass is 9.96. The van der Waals surface area contributed by atoms with Gasteiger partial charge in [0, 0.05) is 6.20 Å². The van der Waals surface area contributed by atoms with Gasteiger partial charge in [0.05, 0.1) is 21.8 Å². The maximum atomic E-state index is 6.06. The molecule has 0 bridgehead atoms. The van der Waals surface area contributed by atoms with Crippen molar-refractivity contribution >= 4 is 23.2 Å². The highest BCUT2D eigenvalue weighted by Crippen LogP contribution is 2.29. The van der Waals surface area contributed by atoms with Gasteiger partial charge in [-0.25, -0.2) is 0 Å². The van der Waals surface area contributed by atoms with E-state index in [1.54, 1.807) is 12.3 Å². The van der Waals surface area contributed by atoms with Crippen LogP contribution in [0.5, 0.6) is 0 Å². The van der Waals surface area contributed by atoms with Crippen molar-refractivity contribution in [2.24, 2.45) is 11.8 Å². The molecule has 5 heteroatoms. The Morgan fingerprint density at radius 2 is 2.20 bits per heavy atom. The lowest BCUT2D eigenvalue weighted by Crippen LogP contribution is -2.33. The molecule has 0 amide bonds. The van der Waals surface area contributed by atoms with Crippen LogP contribution in [-0.2, 0) is 0 Å². The molecule has 2 unspecified atom stereocenters. The second kappa shape index (κ2) is 5.66. The molecule has 1 aromatic rings. The zero-order chi connectivity index (χ0) is 11.4. The van der Waals surface area contributed by atoms with Crippen molar-refractivity contribution in [2.75, 3.05) is 0 Å². The lowest BCUT2D eigenvalue weighted by Gasteiger charge is -2.22. The zero-order valence-corrected chi connectivity index (χ0v) is 10.3. The summed E-state index contributed by atoms with van der Waals surface area (Å²) in [6, 6.07) is 1.64. The normalized spacial score (nSPS) is 15.0. The van der Waals surface area contributed by atoms with E-state index >= 15 is 0 Å². The first-order valence-corrected chi connectivity index (χ1v) is 5.62. The van der Waals surface area contributed by atoms with Crippen molar-refractivity contribution in [3.8, 4) is 0 Å². The summed E-state index contributed by atoms with van der Waals surface area (Å²) in [5.74, 6) is 5.87. The molecule has 84 valence electrons. The number of nitrogens with two attached hydrogens (primary N) is 1. The molecule has 1 aromatic heterocycles. The van der Waals surface area contributed by atoms with Crippen molar-refractivity contribution < 1.29 is 0 Å². The van der Waals surface area contributed by atoms with Gasteiger partial charge in [-0.05, 0) is 12.0 Å². The van der Waals surface area contributed by atoms with Gasteiger partial charge in [0.2, 0.25) is 0 Å². The van der Waals surface area contributed by atoms with Gasteiger partial charge >= 0.3 is 0 Å². The Hall–Kier alpha value is -0.350. The summed E-state index contributed by atoms with van der Waals surface area (Å²) >= 11 is 11.8. The molecule has 0 fully saturated rings. The summed E-state index contributed by atoms with van der Waals surface area (Å²) in [6.45, 7) is 4.19. The van der Waals surface area contributed by atoms with Gasteiger partial charge < -0.3 is 0 Å². The quantitative estimate of drug-likeness (QED) is 0.636. The molecule has 0 spiro atoms. The van der Waals surface area contributed by atoms with E-state index in [0.29, 0.717) is 16.0 Å². The molecule has 0 saturated carbocycles. The van der Waals surface area contributed by atoms with Crippen molar-refractivity contribution in [3.63, 3.8) is 0 Å². The summed E-state index contributed by atoms with van der Waals surface area (Å²) in [7, 11) is 0. The van der Waals surface area contributed by atoms with E-state index in [2.05, 4.69) is 24.3 Å². The van der Waals surface area contributed by atoms with Gasteiger partial charge in [-0.2, -0.15) is 0 Å². The highest BCUT2D eigenvalue weighted by Gasteiger charge is 2.20. The number of hydrogen-bond acceptors (Lipinski definition) is 3. The first-order chi connectivity index (χ1) is 7.10. The number of hydrazine groups is 1. The fourth-order valence-corrected chi connectivity index (χ4v) is 1.90. The lowest BCUT2D eigenvalue weighted by molar-refractivity contribution is 0.375. The van der Waals surface area contributed by atoms with Crippen LogP contribution in [0.2, 0.25) is 10.0 Å². The van der Waals surface area contributed by atoms with Gasteiger partial charge in [-0.3, -0.25) is 16.3 Å². The Labute approximate surface area is 99.9 Å². The van der Waals surface area contributed by atoms with Crippen LogP contribution in [0.4, 0.5) is 0 Å². The first kappa shape index (κ1) is 12.7. The minimum absolute atomic E-state index is 0.0419. The Balaban J connectivity index is 3.01. The number of aromatic nitrogens is 1. The first-order valence-electron chi connectivity index (χ1n) is 4.87. The molecule has 3 N–H and O–H groups in total. The van der Waals surface area contributed by atoms with Gasteiger partial charge in [0.1, 0.15) is 0 Å². The molecule has 1 rings (SSSR count). The standard InChI is InChI=1S/C10H15Cl2N3/c1-3-6(2)9(15-13)10-8(12)4-7(11)5-14-10/h4-6,9,15H,3,13H2,1-2H3. The SMILES string of the molecule is CCC(C)C(NN)c1ncc(Cl)cc1Cl. The molecule has 0 radical (unpaired) electrons. The Kier molecular flexibility index (Phi) is 4.80. The number of pyridine rings is 1. The third-order valence-corrected chi connectivity index (χ3v) is 3.03. The minimum atomic E-state index is -0.0419. The average molecular weight is 248 g/mol. The molecule has 1 heterocycles. The van der Waals surface area contributed by atoms with Gasteiger partial charge in [-0.1, -0.05) is 43.5 Å². The number of nitrogens with zero attached hydrogens (tertiary/aromatic N) is 1. The van der Waals surface area contributed by atoms with E-state index < -0.39 is 0 Å². The molecule has 15 heavy (non-hydrogen) atoms. The summed E-state index contributed by atoms with van der Waals surface area (Å²) in [4.78, 5) is 4.21. The molecular weight excluding hydrogens is 233 g/mol. The zero-order valence-electron chi connectivity index (χ0n) is 8.80. The predicted molar refractivity (Wildman–Crippen MR) is 63.8 cm³/mol. The number of rotatable bonds is 4. The van der Waals surface area contributed by atoms with Crippen LogP contribution in [0.15, 0.2) is 12.3 Å². The van der Waals surface area contributed by atoms with Crippen molar-refractivity contribution in [3.05, 3.63) is 28.0 Å².